The number of aromatic amines is 1. The van der Waals surface area contributed by atoms with E-state index in [1.807, 2.05) is 18.6 Å². The first-order valence-corrected chi connectivity index (χ1v) is 6.39. The van der Waals surface area contributed by atoms with Crippen molar-refractivity contribution in [2.24, 2.45) is 0 Å². The molecule has 3 heteroatoms. The molecule has 0 amide bonds. The van der Waals surface area contributed by atoms with Crippen molar-refractivity contribution in [3.63, 3.8) is 0 Å². The zero-order valence-corrected chi connectivity index (χ0v) is 10.6. The van der Waals surface area contributed by atoms with E-state index in [1.165, 1.54) is 33.2 Å². The molecule has 0 fully saturated rings. The SMILES string of the molecule is Cc1cnc2[nH]cc(C3=Cc4ccncc4C3)c2c1.[HH]. The van der Waals surface area contributed by atoms with E-state index in [9.17, 15) is 0 Å². The molecular weight excluding hydrogens is 234 g/mol. The Labute approximate surface area is 112 Å². The molecule has 3 aromatic heterocycles. The lowest BCUT2D eigenvalue weighted by atomic mass is 10.0. The Kier molecular flexibility index (Phi) is 2.09. The van der Waals surface area contributed by atoms with Crippen LogP contribution in [-0.4, -0.2) is 15.0 Å². The number of aryl methyl sites for hydroxylation is 1. The van der Waals surface area contributed by atoms with Crippen LogP contribution in [0.2, 0.25) is 0 Å². The second-order valence-corrected chi connectivity index (χ2v) is 5.03. The summed E-state index contributed by atoms with van der Waals surface area (Å²) < 4.78 is 0. The zero-order valence-electron chi connectivity index (χ0n) is 10.6. The molecule has 1 N–H and O–H groups in total. The zero-order chi connectivity index (χ0) is 12.8. The molecular formula is C16H15N3. The van der Waals surface area contributed by atoms with Gasteiger partial charge in [-0.05, 0) is 41.3 Å². The Morgan fingerprint density at radius 3 is 3.16 bits per heavy atom. The fraction of sp³-hybridized carbons (Fsp3) is 0.125. The van der Waals surface area contributed by atoms with Gasteiger partial charge in [0, 0.05) is 43.6 Å². The number of aromatic nitrogens is 3. The summed E-state index contributed by atoms with van der Waals surface area (Å²) in [6.07, 6.45) is 11.0. The fourth-order valence-electron chi connectivity index (χ4n) is 2.72. The van der Waals surface area contributed by atoms with E-state index in [0.29, 0.717) is 0 Å². The van der Waals surface area contributed by atoms with E-state index in [1.54, 1.807) is 0 Å². The molecule has 1 aliphatic carbocycles. The van der Waals surface area contributed by atoms with E-state index in [2.05, 4.69) is 46.3 Å². The van der Waals surface area contributed by atoms with Crippen molar-refractivity contribution in [1.29, 1.82) is 0 Å². The van der Waals surface area contributed by atoms with Gasteiger partial charge in [-0.15, -0.1) is 0 Å². The fourth-order valence-corrected chi connectivity index (χ4v) is 2.72. The van der Waals surface area contributed by atoms with E-state index < -0.39 is 0 Å². The van der Waals surface area contributed by atoms with E-state index in [-0.39, 0.29) is 1.43 Å². The second kappa shape index (κ2) is 3.79. The quantitative estimate of drug-likeness (QED) is 0.715. The van der Waals surface area contributed by atoms with Gasteiger partial charge in [0.15, 0.2) is 0 Å². The van der Waals surface area contributed by atoms with Crippen LogP contribution < -0.4 is 0 Å². The summed E-state index contributed by atoms with van der Waals surface area (Å²) in [5.41, 5.74) is 7.30. The molecule has 94 valence electrons. The van der Waals surface area contributed by atoms with Gasteiger partial charge in [0.1, 0.15) is 5.65 Å². The Balaban J connectivity index is 0.00000121. The van der Waals surface area contributed by atoms with Crippen LogP contribution in [0.25, 0.3) is 22.7 Å². The highest BCUT2D eigenvalue weighted by Gasteiger charge is 2.17. The van der Waals surface area contributed by atoms with Gasteiger partial charge in [0.2, 0.25) is 0 Å². The summed E-state index contributed by atoms with van der Waals surface area (Å²) in [5, 5.41) is 1.20. The summed E-state index contributed by atoms with van der Waals surface area (Å²) in [6, 6.07) is 4.26. The van der Waals surface area contributed by atoms with Gasteiger partial charge < -0.3 is 4.98 Å². The minimum atomic E-state index is 0. The summed E-state index contributed by atoms with van der Waals surface area (Å²) >= 11 is 0. The Bertz CT molecular complexity index is 817. The average Bonchev–Trinajstić information content (AvgIpc) is 3.00. The topological polar surface area (TPSA) is 41.6 Å². The third kappa shape index (κ3) is 1.58. The predicted octanol–water partition coefficient (Wildman–Crippen LogP) is 3.61. The lowest BCUT2D eigenvalue weighted by molar-refractivity contribution is 1.22. The molecule has 0 saturated heterocycles. The first-order valence-electron chi connectivity index (χ1n) is 6.39. The summed E-state index contributed by atoms with van der Waals surface area (Å²) in [5.74, 6) is 0. The van der Waals surface area contributed by atoms with Gasteiger partial charge in [-0.2, -0.15) is 0 Å². The first kappa shape index (κ1) is 10.5. The van der Waals surface area contributed by atoms with Gasteiger partial charge >= 0.3 is 0 Å². The molecule has 3 aromatic rings. The number of fused-ring (bicyclic) bond motifs is 2. The van der Waals surface area contributed by atoms with Gasteiger partial charge in [-0.1, -0.05) is 6.08 Å². The van der Waals surface area contributed by atoms with Crippen LogP contribution in [0.5, 0.6) is 0 Å². The number of hydrogen-bond donors (Lipinski definition) is 1. The molecule has 0 bridgehead atoms. The smallest absolute Gasteiger partial charge is 0.137 e. The van der Waals surface area contributed by atoms with Crippen LogP contribution in [0.1, 0.15) is 23.7 Å². The van der Waals surface area contributed by atoms with Crippen LogP contribution in [0.4, 0.5) is 0 Å². The number of nitrogens with zero attached hydrogens (tertiary/aromatic N) is 2. The monoisotopic (exact) mass is 249 g/mol. The third-order valence-corrected chi connectivity index (χ3v) is 3.67. The maximum absolute atomic E-state index is 4.43. The maximum atomic E-state index is 4.43. The highest BCUT2D eigenvalue weighted by molar-refractivity contribution is 5.98. The molecule has 0 aromatic carbocycles. The first-order chi connectivity index (χ1) is 9.31. The van der Waals surface area contributed by atoms with Crippen molar-refractivity contribution in [3.8, 4) is 0 Å². The summed E-state index contributed by atoms with van der Waals surface area (Å²) in [4.78, 5) is 11.9. The molecule has 0 atom stereocenters. The normalized spacial score (nSPS) is 13.6. The molecule has 3 nitrogen and oxygen atoms in total. The summed E-state index contributed by atoms with van der Waals surface area (Å²) in [7, 11) is 0. The number of hydrogen-bond acceptors (Lipinski definition) is 2. The number of rotatable bonds is 1. The lowest BCUT2D eigenvalue weighted by Gasteiger charge is -2.00. The Morgan fingerprint density at radius 2 is 2.26 bits per heavy atom. The molecule has 0 saturated carbocycles. The van der Waals surface area contributed by atoms with Crippen molar-refractivity contribution in [1.82, 2.24) is 15.0 Å². The second-order valence-electron chi connectivity index (χ2n) is 5.03. The van der Waals surface area contributed by atoms with E-state index in [4.69, 9.17) is 0 Å². The van der Waals surface area contributed by atoms with Crippen molar-refractivity contribution in [2.75, 3.05) is 0 Å². The van der Waals surface area contributed by atoms with Crippen LogP contribution in [-0.2, 0) is 6.42 Å². The number of pyridine rings is 2. The van der Waals surface area contributed by atoms with Crippen molar-refractivity contribution < 1.29 is 1.43 Å². The number of allylic oxidation sites excluding steroid dienone is 1. The largest absolute Gasteiger partial charge is 0.346 e. The highest BCUT2D eigenvalue weighted by atomic mass is 14.8. The van der Waals surface area contributed by atoms with Crippen molar-refractivity contribution in [2.45, 2.75) is 13.3 Å². The van der Waals surface area contributed by atoms with Crippen molar-refractivity contribution >= 4 is 22.7 Å². The average molecular weight is 249 g/mol. The predicted molar refractivity (Wildman–Crippen MR) is 78.8 cm³/mol. The Hall–Kier alpha value is -2.42. The molecule has 0 radical (unpaired) electrons. The molecule has 0 unspecified atom stereocenters. The van der Waals surface area contributed by atoms with Gasteiger partial charge in [0.05, 0.1) is 0 Å². The van der Waals surface area contributed by atoms with Crippen molar-refractivity contribution in [3.05, 3.63) is 59.2 Å². The standard InChI is InChI=1S/C16H13N3.H2/c1-10-4-14-15(9-19-16(14)18-7-10)12-5-11-2-3-17-8-13(11)6-12;/h2-5,7-9H,6H2,1H3,(H,18,19);1H. The third-order valence-electron chi connectivity index (χ3n) is 3.67. The summed E-state index contributed by atoms with van der Waals surface area (Å²) in [6.45, 7) is 2.07. The molecule has 4 rings (SSSR count). The lowest BCUT2D eigenvalue weighted by Crippen LogP contribution is -1.86. The van der Waals surface area contributed by atoms with E-state index in [0.717, 1.165) is 12.1 Å². The number of H-pyrrole nitrogens is 1. The van der Waals surface area contributed by atoms with Crippen LogP contribution in [0.15, 0.2) is 36.9 Å². The minimum Gasteiger partial charge on any atom is -0.346 e. The maximum Gasteiger partial charge on any atom is 0.137 e. The van der Waals surface area contributed by atoms with Crippen LogP contribution in [0, 0.1) is 6.92 Å². The molecule has 19 heavy (non-hydrogen) atoms. The van der Waals surface area contributed by atoms with Gasteiger partial charge in [-0.25, -0.2) is 4.98 Å². The van der Waals surface area contributed by atoms with Crippen LogP contribution >= 0.6 is 0 Å². The molecule has 0 aliphatic heterocycles. The van der Waals surface area contributed by atoms with Crippen LogP contribution in [0.3, 0.4) is 0 Å². The molecule has 3 heterocycles. The highest BCUT2D eigenvalue weighted by Crippen LogP contribution is 2.34. The Morgan fingerprint density at radius 1 is 1.32 bits per heavy atom. The van der Waals surface area contributed by atoms with Gasteiger partial charge in [-0.3, -0.25) is 4.98 Å². The number of nitrogens with one attached hydrogen (secondary N) is 1. The minimum absolute atomic E-state index is 0. The molecule has 1 aliphatic rings. The van der Waals surface area contributed by atoms with Gasteiger partial charge in [0.25, 0.3) is 0 Å². The van der Waals surface area contributed by atoms with E-state index >= 15 is 0 Å². The molecule has 0 spiro atoms.